The monoisotopic (exact) mass is 266 g/mol. The molecule has 2 aromatic rings. The molecular formula is C14H10N4O2. The molecule has 1 aromatic heterocycles. The Kier molecular flexibility index (Phi) is 3.78. The maximum absolute atomic E-state index is 11.6. The molecule has 1 aromatic carbocycles. The van der Waals surface area contributed by atoms with Gasteiger partial charge in [-0.1, -0.05) is 11.1 Å². The van der Waals surface area contributed by atoms with Gasteiger partial charge in [0, 0.05) is 0 Å². The van der Waals surface area contributed by atoms with Crippen molar-refractivity contribution < 1.29 is 9.53 Å². The van der Waals surface area contributed by atoms with Gasteiger partial charge in [-0.15, -0.1) is 11.5 Å². The van der Waals surface area contributed by atoms with Crippen LogP contribution in [0.2, 0.25) is 0 Å². The fraction of sp³-hybridized carbons (Fsp3) is 0.143. The second kappa shape index (κ2) is 5.68. The highest BCUT2D eigenvalue weighted by Crippen LogP contribution is 2.13. The molecular weight excluding hydrogens is 256 g/mol. The van der Waals surface area contributed by atoms with Crippen LogP contribution >= 0.6 is 0 Å². The molecule has 0 unspecified atom stereocenters. The van der Waals surface area contributed by atoms with Crippen LogP contribution < -0.4 is 0 Å². The molecule has 0 saturated carbocycles. The molecule has 1 heterocycles. The summed E-state index contributed by atoms with van der Waals surface area (Å²) in [6.07, 6.45) is 5.02. The van der Waals surface area contributed by atoms with E-state index in [1.54, 1.807) is 31.2 Å². The molecule has 0 spiro atoms. The summed E-state index contributed by atoms with van der Waals surface area (Å²) in [6, 6.07) is 8.53. The topological polar surface area (TPSA) is 80.8 Å². The number of esters is 1. The first kappa shape index (κ1) is 13.3. The average molecular weight is 266 g/mol. The van der Waals surface area contributed by atoms with Gasteiger partial charge in [0.05, 0.1) is 16.9 Å². The summed E-state index contributed by atoms with van der Waals surface area (Å²) in [5.41, 5.74) is 1.99. The molecule has 20 heavy (non-hydrogen) atoms. The zero-order chi connectivity index (χ0) is 14.5. The number of terminal acetylenes is 1. The minimum absolute atomic E-state index is 0.0612. The second-order valence-corrected chi connectivity index (χ2v) is 3.87. The molecule has 2 rings (SSSR count). The van der Waals surface area contributed by atoms with Gasteiger partial charge in [0.1, 0.15) is 6.07 Å². The van der Waals surface area contributed by atoms with Crippen molar-refractivity contribution in [2.24, 2.45) is 0 Å². The van der Waals surface area contributed by atoms with Gasteiger partial charge in [-0.25, -0.2) is 9.48 Å². The van der Waals surface area contributed by atoms with E-state index in [2.05, 4.69) is 16.2 Å². The first-order chi connectivity index (χ1) is 9.67. The van der Waals surface area contributed by atoms with Crippen molar-refractivity contribution in [2.45, 2.75) is 6.92 Å². The predicted molar refractivity (Wildman–Crippen MR) is 69.9 cm³/mol. The Balaban J connectivity index is 2.24. The molecule has 0 saturated heterocycles. The van der Waals surface area contributed by atoms with Gasteiger partial charge in [-0.05, 0) is 31.2 Å². The molecule has 0 fully saturated rings. The number of carbonyl (C=O) groups is 1. The number of ether oxygens (including phenoxy) is 1. The number of rotatable bonds is 3. The normalized spacial score (nSPS) is 9.55. The van der Waals surface area contributed by atoms with E-state index in [9.17, 15) is 4.79 Å². The average Bonchev–Trinajstić information content (AvgIpc) is 2.86. The third kappa shape index (κ3) is 2.50. The lowest BCUT2D eigenvalue weighted by atomic mass is 10.2. The molecule has 6 nitrogen and oxygen atoms in total. The van der Waals surface area contributed by atoms with Crippen molar-refractivity contribution in [2.75, 3.05) is 6.61 Å². The van der Waals surface area contributed by atoms with E-state index < -0.39 is 5.97 Å². The molecule has 0 atom stereocenters. The van der Waals surface area contributed by atoms with E-state index in [4.69, 9.17) is 16.4 Å². The highest BCUT2D eigenvalue weighted by molar-refractivity contribution is 5.89. The van der Waals surface area contributed by atoms with Gasteiger partial charge in [-0.3, -0.25) is 0 Å². The quantitative estimate of drug-likeness (QED) is 0.616. The fourth-order valence-corrected chi connectivity index (χ4v) is 1.61. The highest BCUT2D eigenvalue weighted by atomic mass is 16.5. The Bertz CT molecular complexity index is 717. The molecule has 0 aliphatic heterocycles. The summed E-state index contributed by atoms with van der Waals surface area (Å²) in [7, 11) is 0. The van der Waals surface area contributed by atoms with Crippen LogP contribution in [0.3, 0.4) is 0 Å². The lowest BCUT2D eigenvalue weighted by Gasteiger charge is -2.04. The van der Waals surface area contributed by atoms with Crippen LogP contribution in [0.4, 0.5) is 0 Å². The summed E-state index contributed by atoms with van der Waals surface area (Å²) in [6.45, 7) is 1.68. The summed E-state index contributed by atoms with van der Waals surface area (Å²) in [5, 5.41) is 16.5. The number of nitrogens with zero attached hydrogens (tertiary/aromatic N) is 4. The van der Waals surface area contributed by atoms with Crippen molar-refractivity contribution in [3.63, 3.8) is 0 Å². The van der Waals surface area contributed by atoms with E-state index in [0.29, 0.717) is 16.9 Å². The van der Waals surface area contributed by atoms with Crippen molar-refractivity contribution in [1.29, 1.82) is 5.26 Å². The number of carbonyl (C=O) groups excluding carboxylic acids is 1. The van der Waals surface area contributed by atoms with E-state index in [1.807, 2.05) is 6.07 Å². The standard InChI is InChI=1S/C14H10N4O2/c1-3-8-20-14(19)11-4-6-12(7-5-11)18-10(2)13(9-15)16-17-18/h1,4-7H,8H2,2H3. The van der Waals surface area contributed by atoms with Crippen LogP contribution in [0, 0.1) is 30.6 Å². The van der Waals surface area contributed by atoms with Crippen LogP contribution in [0.1, 0.15) is 21.7 Å². The molecule has 0 radical (unpaired) electrons. The maximum atomic E-state index is 11.6. The van der Waals surface area contributed by atoms with E-state index in [0.717, 1.165) is 0 Å². The zero-order valence-corrected chi connectivity index (χ0v) is 10.7. The SMILES string of the molecule is C#CCOC(=O)c1ccc(-n2nnc(C#N)c2C)cc1. The van der Waals surface area contributed by atoms with Gasteiger partial charge >= 0.3 is 5.97 Å². The first-order valence-electron chi connectivity index (χ1n) is 5.70. The Morgan fingerprint density at radius 3 is 2.70 bits per heavy atom. The van der Waals surface area contributed by atoms with Crippen molar-refractivity contribution in [3.8, 4) is 24.1 Å². The number of aromatic nitrogens is 3. The van der Waals surface area contributed by atoms with Gasteiger partial charge in [0.25, 0.3) is 0 Å². The van der Waals surface area contributed by atoms with E-state index in [1.165, 1.54) is 4.68 Å². The van der Waals surface area contributed by atoms with Gasteiger partial charge in [0.15, 0.2) is 12.3 Å². The summed E-state index contributed by atoms with van der Waals surface area (Å²) in [5.74, 6) is 1.74. The van der Waals surface area contributed by atoms with E-state index >= 15 is 0 Å². The Morgan fingerprint density at radius 2 is 2.15 bits per heavy atom. The fourth-order valence-electron chi connectivity index (χ4n) is 1.61. The zero-order valence-electron chi connectivity index (χ0n) is 10.7. The van der Waals surface area contributed by atoms with Crippen molar-refractivity contribution >= 4 is 5.97 Å². The number of benzene rings is 1. The van der Waals surface area contributed by atoms with Gasteiger partial charge in [0.2, 0.25) is 0 Å². The summed E-state index contributed by atoms with van der Waals surface area (Å²) >= 11 is 0. The number of hydrogen-bond donors (Lipinski definition) is 0. The van der Waals surface area contributed by atoms with Crippen LogP contribution in [0.25, 0.3) is 5.69 Å². The number of nitriles is 1. The van der Waals surface area contributed by atoms with Gasteiger partial charge in [-0.2, -0.15) is 5.26 Å². The Hall–Kier alpha value is -3.12. The third-order valence-corrected chi connectivity index (χ3v) is 2.63. The lowest BCUT2D eigenvalue weighted by Crippen LogP contribution is -2.06. The van der Waals surface area contributed by atoms with Crippen LogP contribution in [0.15, 0.2) is 24.3 Å². The van der Waals surface area contributed by atoms with Crippen LogP contribution in [0.5, 0.6) is 0 Å². The summed E-state index contributed by atoms with van der Waals surface area (Å²) < 4.78 is 6.34. The van der Waals surface area contributed by atoms with Crippen molar-refractivity contribution in [1.82, 2.24) is 15.0 Å². The summed E-state index contributed by atoms with van der Waals surface area (Å²) in [4.78, 5) is 11.6. The molecule has 0 bridgehead atoms. The number of hydrogen-bond acceptors (Lipinski definition) is 5. The first-order valence-corrected chi connectivity index (χ1v) is 5.70. The maximum Gasteiger partial charge on any atom is 0.339 e. The lowest BCUT2D eigenvalue weighted by molar-refractivity contribution is 0.0557. The molecule has 0 aliphatic rings. The van der Waals surface area contributed by atoms with Crippen LogP contribution in [-0.4, -0.2) is 27.6 Å². The molecule has 0 amide bonds. The largest absolute Gasteiger partial charge is 0.449 e. The third-order valence-electron chi connectivity index (χ3n) is 2.63. The minimum atomic E-state index is -0.484. The van der Waals surface area contributed by atoms with Crippen LogP contribution in [-0.2, 0) is 4.74 Å². The second-order valence-electron chi connectivity index (χ2n) is 3.87. The van der Waals surface area contributed by atoms with E-state index in [-0.39, 0.29) is 12.3 Å². The highest BCUT2D eigenvalue weighted by Gasteiger charge is 2.11. The van der Waals surface area contributed by atoms with Crippen molar-refractivity contribution in [3.05, 3.63) is 41.2 Å². The molecule has 98 valence electrons. The Morgan fingerprint density at radius 1 is 1.45 bits per heavy atom. The molecule has 0 N–H and O–H groups in total. The minimum Gasteiger partial charge on any atom is -0.449 e. The molecule has 6 heteroatoms. The Labute approximate surface area is 115 Å². The predicted octanol–water partition coefficient (Wildman–Crippen LogP) is 1.24. The molecule has 0 aliphatic carbocycles. The smallest absolute Gasteiger partial charge is 0.339 e. The van der Waals surface area contributed by atoms with Gasteiger partial charge < -0.3 is 4.74 Å².